The summed E-state index contributed by atoms with van der Waals surface area (Å²) in [5.41, 5.74) is 3.69. The fraction of sp³-hybridized carbons (Fsp3) is 0.412. The summed E-state index contributed by atoms with van der Waals surface area (Å²) < 4.78 is 0. The monoisotopic (exact) mass is 282 g/mol. The van der Waals surface area contributed by atoms with Gasteiger partial charge in [-0.3, -0.25) is 4.98 Å². The molecule has 0 radical (unpaired) electrons. The Bertz CT molecular complexity index is 597. The first-order valence-electron chi connectivity index (χ1n) is 7.75. The number of aryl methyl sites for hydroxylation is 1. The van der Waals surface area contributed by atoms with E-state index in [-0.39, 0.29) is 0 Å². The second-order valence-electron chi connectivity index (χ2n) is 5.39. The van der Waals surface area contributed by atoms with Gasteiger partial charge < -0.3 is 10.2 Å². The van der Waals surface area contributed by atoms with Gasteiger partial charge in [0, 0.05) is 25.0 Å². The molecule has 0 saturated carbocycles. The Morgan fingerprint density at radius 1 is 1.19 bits per heavy atom. The molecule has 1 aliphatic rings. The molecule has 0 fully saturated rings. The molecule has 1 aromatic heterocycles. The summed E-state index contributed by atoms with van der Waals surface area (Å²) in [4.78, 5) is 11.5. The molecule has 21 heavy (non-hydrogen) atoms. The van der Waals surface area contributed by atoms with E-state index in [1.165, 1.54) is 24.1 Å². The van der Waals surface area contributed by atoms with Crippen LogP contribution in [0.1, 0.15) is 31.0 Å². The number of fused-ring (bicyclic) bond motifs is 1. The number of para-hydroxylation sites is 1. The lowest BCUT2D eigenvalue weighted by Crippen LogP contribution is -2.21. The zero-order valence-electron chi connectivity index (χ0n) is 12.5. The quantitative estimate of drug-likeness (QED) is 0.935. The van der Waals surface area contributed by atoms with Gasteiger partial charge in [-0.25, -0.2) is 4.98 Å². The van der Waals surface area contributed by atoms with Crippen molar-refractivity contribution in [3.63, 3.8) is 0 Å². The Kier molecular flexibility index (Phi) is 4.46. The summed E-state index contributed by atoms with van der Waals surface area (Å²) in [7, 11) is 0. The average Bonchev–Trinajstić information content (AvgIpc) is 2.75. The maximum Gasteiger partial charge on any atom is 0.151 e. The van der Waals surface area contributed by atoms with Crippen LogP contribution in [0.4, 0.5) is 11.5 Å². The molecule has 2 heterocycles. The molecule has 4 nitrogen and oxygen atoms in total. The Morgan fingerprint density at radius 3 is 3.00 bits per heavy atom. The highest BCUT2D eigenvalue weighted by Gasteiger charge is 2.17. The van der Waals surface area contributed by atoms with E-state index in [1.807, 2.05) is 12.4 Å². The molecule has 0 saturated heterocycles. The predicted molar refractivity (Wildman–Crippen MR) is 85.8 cm³/mol. The van der Waals surface area contributed by atoms with Gasteiger partial charge in [-0.05, 0) is 37.4 Å². The predicted octanol–water partition coefficient (Wildman–Crippen LogP) is 3.06. The van der Waals surface area contributed by atoms with E-state index in [4.69, 9.17) is 4.98 Å². The maximum atomic E-state index is 4.78. The lowest BCUT2D eigenvalue weighted by atomic mass is 10.1. The molecule has 0 unspecified atom stereocenters. The first-order chi connectivity index (χ1) is 10.4. The summed E-state index contributed by atoms with van der Waals surface area (Å²) in [6.45, 7) is 4.82. The lowest BCUT2D eigenvalue weighted by molar-refractivity contribution is 0.703. The first-order valence-corrected chi connectivity index (χ1v) is 7.75. The summed E-state index contributed by atoms with van der Waals surface area (Å²) in [5, 5.41) is 3.31. The number of anilines is 2. The number of rotatable bonds is 4. The van der Waals surface area contributed by atoms with Crippen molar-refractivity contribution in [2.24, 2.45) is 0 Å². The van der Waals surface area contributed by atoms with Gasteiger partial charge >= 0.3 is 0 Å². The van der Waals surface area contributed by atoms with E-state index in [9.17, 15) is 0 Å². The van der Waals surface area contributed by atoms with Crippen LogP contribution in [0.3, 0.4) is 0 Å². The van der Waals surface area contributed by atoms with Crippen LogP contribution in [-0.4, -0.2) is 23.1 Å². The molecule has 4 heteroatoms. The molecule has 2 aromatic rings. The van der Waals surface area contributed by atoms with E-state index < -0.39 is 0 Å². The molecular formula is C17H22N4. The minimum Gasteiger partial charge on any atom is -0.325 e. The summed E-state index contributed by atoms with van der Waals surface area (Å²) in [6, 6.07) is 8.64. The number of hydrogen-bond acceptors (Lipinski definition) is 4. The van der Waals surface area contributed by atoms with Crippen LogP contribution in [0.2, 0.25) is 0 Å². The van der Waals surface area contributed by atoms with Crippen LogP contribution in [0.5, 0.6) is 0 Å². The van der Waals surface area contributed by atoms with Crippen LogP contribution in [0.15, 0.2) is 36.7 Å². The zero-order valence-corrected chi connectivity index (χ0v) is 12.5. The number of hydrogen-bond donors (Lipinski definition) is 1. The number of benzene rings is 1. The van der Waals surface area contributed by atoms with E-state index >= 15 is 0 Å². The minimum atomic E-state index is 0.771. The first kappa shape index (κ1) is 14.0. The van der Waals surface area contributed by atoms with Gasteiger partial charge in [-0.2, -0.15) is 0 Å². The van der Waals surface area contributed by atoms with Crippen molar-refractivity contribution in [2.75, 3.05) is 18.0 Å². The van der Waals surface area contributed by atoms with Crippen LogP contribution in [0, 0.1) is 0 Å². The van der Waals surface area contributed by atoms with Crippen molar-refractivity contribution in [2.45, 2.75) is 32.7 Å². The van der Waals surface area contributed by atoms with Gasteiger partial charge in [0.25, 0.3) is 0 Å². The topological polar surface area (TPSA) is 41.1 Å². The van der Waals surface area contributed by atoms with Gasteiger partial charge in [0.05, 0.1) is 11.9 Å². The molecule has 0 aliphatic carbocycles. The van der Waals surface area contributed by atoms with E-state index in [2.05, 4.69) is 46.4 Å². The van der Waals surface area contributed by atoms with Crippen LogP contribution in [-0.2, 0) is 13.0 Å². The highest BCUT2D eigenvalue weighted by molar-refractivity contribution is 5.64. The SMILES string of the molecule is CCNCc1cncc(N2CCCCc3ccccc32)n1. The van der Waals surface area contributed by atoms with E-state index in [1.54, 1.807) is 0 Å². The van der Waals surface area contributed by atoms with E-state index in [0.717, 1.165) is 37.6 Å². The van der Waals surface area contributed by atoms with Crippen molar-refractivity contribution >= 4 is 11.5 Å². The smallest absolute Gasteiger partial charge is 0.151 e. The second-order valence-corrected chi connectivity index (χ2v) is 5.39. The standard InChI is InChI=1S/C17H22N4/c1-2-18-11-15-12-19-13-17(20-15)21-10-6-5-8-14-7-3-4-9-16(14)21/h3-4,7,9,12-13,18H,2,5-6,8,10-11H2,1H3. The molecule has 110 valence electrons. The number of nitrogens with zero attached hydrogens (tertiary/aromatic N) is 3. The highest BCUT2D eigenvalue weighted by Crippen LogP contribution is 2.31. The van der Waals surface area contributed by atoms with Crippen LogP contribution >= 0.6 is 0 Å². The number of aromatic nitrogens is 2. The third-order valence-electron chi connectivity index (χ3n) is 3.86. The maximum absolute atomic E-state index is 4.78. The summed E-state index contributed by atoms with van der Waals surface area (Å²) in [6.07, 6.45) is 7.29. The van der Waals surface area contributed by atoms with Gasteiger partial charge in [0.2, 0.25) is 0 Å². The van der Waals surface area contributed by atoms with Gasteiger partial charge in [-0.15, -0.1) is 0 Å². The third-order valence-corrected chi connectivity index (χ3v) is 3.86. The van der Waals surface area contributed by atoms with Crippen molar-refractivity contribution in [1.82, 2.24) is 15.3 Å². The summed E-state index contributed by atoms with van der Waals surface area (Å²) >= 11 is 0. The molecule has 1 aromatic carbocycles. The second kappa shape index (κ2) is 6.68. The molecule has 1 aliphatic heterocycles. The van der Waals surface area contributed by atoms with Crippen LogP contribution < -0.4 is 10.2 Å². The van der Waals surface area contributed by atoms with Gasteiger partial charge in [-0.1, -0.05) is 25.1 Å². The molecule has 0 bridgehead atoms. The fourth-order valence-corrected chi connectivity index (χ4v) is 2.79. The Balaban J connectivity index is 1.92. The van der Waals surface area contributed by atoms with Crippen molar-refractivity contribution < 1.29 is 0 Å². The van der Waals surface area contributed by atoms with Gasteiger partial charge in [0.1, 0.15) is 0 Å². The lowest BCUT2D eigenvalue weighted by Gasteiger charge is -2.24. The fourth-order valence-electron chi connectivity index (χ4n) is 2.79. The van der Waals surface area contributed by atoms with Gasteiger partial charge in [0.15, 0.2) is 5.82 Å². The molecule has 0 spiro atoms. The normalized spacial score (nSPS) is 14.6. The van der Waals surface area contributed by atoms with Crippen molar-refractivity contribution in [1.29, 1.82) is 0 Å². The highest BCUT2D eigenvalue weighted by atomic mass is 15.2. The zero-order chi connectivity index (χ0) is 14.5. The van der Waals surface area contributed by atoms with E-state index in [0.29, 0.717) is 0 Å². The molecule has 1 N–H and O–H groups in total. The third kappa shape index (κ3) is 3.22. The van der Waals surface area contributed by atoms with Crippen molar-refractivity contribution in [3.8, 4) is 0 Å². The number of nitrogens with one attached hydrogen (secondary N) is 1. The Hall–Kier alpha value is -1.94. The average molecular weight is 282 g/mol. The molecule has 3 rings (SSSR count). The van der Waals surface area contributed by atoms with Crippen LogP contribution in [0.25, 0.3) is 0 Å². The minimum absolute atomic E-state index is 0.771. The Morgan fingerprint density at radius 2 is 2.10 bits per heavy atom. The largest absolute Gasteiger partial charge is 0.325 e. The van der Waals surface area contributed by atoms with Crippen molar-refractivity contribution in [3.05, 3.63) is 47.9 Å². The molecule has 0 atom stereocenters. The molecular weight excluding hydrogens is 260 g/mol. The Labute approximate surface area is 126 Å². The molecule has 0 amide bonds. The summed E-state index contributed by atoms with van der Waals surface area (Å²) in [5.74, 6) is 0.958.